The first kappa shape index (κ1) is 14.1. The van der Waals surface area contributed by atoms with E-state index >= 15 is 0 Å². The number of hydrogen-bond acceptors (Lipinski definition) is 5. The van der Waals surface area contributed by atoms with Gasteiger partial charge >= 0.3 is 0 Å². The maximum atomic E-state index is 4.55. The molecule has 0 aliphatic rings. The Balaban J connectivity index is 1.69. The van der Waals surface area contributed by atoms with Crippen molar-refractivity contribution >= 4 is 22.8 Å². The van der Waals surface area contributed by atoms with E-state index in [1.807, 2.05) is 40.5 Å². The van der Waals surface area contributed by atoms with Crippen LogP contribution in [-0.4, -0.2) is 29.5 Å². The zero-order chi connectivity index (χ0) is 14.8. The van der Waals surface area contributed by atoms with Crippen molar-refractivity contribution < 1.29 is 0 Å². The zero-order valence-electron chi connectivity index (χ0n) is 12.4. The monoisotopic (exact) mass is 302 g/mol. The van der Waals surface area contributed by atoms with Gasteiger partial charge in [-0.2, -0.15) is 5.10 Å². The van der Waals surface area contributed by atoms with E-state index < -0.39 is 0 Å². The van der Waals surface area contributed by atoms with Crippen molar-refractivity contribution in [2.45, 2.75) is 31.4 Å². The number of fused-ring (bicyclic) bond motifs is 1. The minimum atomic E-state index is 0.325. The fraction of sp³-hybridized carbons (Fsp3) is 0.429. The van der Waals surface area contributed by atoms with Crippen molar-refractivity contribution in [2.24, 2.45) is 7.05 Å². The van der Waals surface area contributed by atoms with Gasteiger partial charge in [-0.05, 0) is 25.5 Å². The second kappa shape index (κ2) is 5.85. The fourth-order valence-electron chi connectivity index (χ4n) is 2.14. The number of hydrogen-bond donors (Lipinski definition) is 0. The van der Waals surface area contributed by atoms with Crippen molar-refractivity contribution in [3.05, 3.63) is 36.2 Å². The van der Waals surface area contributed by atoms with Gasteiger partial charge in [0.2, 0.25) is 0 Å². The standard InChI is InChI=1S/C14H18N6S/c1-10(2)20-14-12(6-17-20)4-11(5-15-14)7-21-8-13-18-16-9-19(13)3/h4-6,9-10H,7-8H2,1-3H3. The molecule has 3 heterocycles. The van der Waals surface area contributed by atoms with Gasteiger partial charge in [-0.1, -0.05) is 0 Å². The van der Waals surface area contributed by atoms with Crippen LogP contribution < -0.4 is 0 Å². The Morgan fingerprint density at radius 2 is 2.10 bits per heavy atom. The van der Waals surface area contributed by atoms with Gasteiger partial charge in [0.15, 0.2) is 5.65 Å². The molecule has 0 saturated carbocycles. The quantitative estimate of drug-likeness (QED) is 0.725. The Kier molecular flexibility index (Phi) is 3.92. The molecule has 0 saturated heterocycles. The maximum absolute atomic E-state index is 4.55. The van der Waals surface area contributed by atoms with Crippen molar-refractivity contribution in [3.8, 4) is 0 Å². The van der Waals surface area contributed by atoms with Crippen LogP contribution in [0, 0.1) is 0 Å². The van der Waals surface area contributed by atoms with Crippen molar-refractivity contribution in [3.63, 3.8) is 0 Å². The third-order valence-corrected chi connectivity index (χ3v) is 4.28. The lowest BCUT2D eigenvalue weighted by molar-refractivity contribution is 0.546. The first-order valence-electron chi connectivity index (χ1n) is 6.88. The third-order valence-electron chi connectivity index (χ3n) is 3.28. The van der Waals surface area contributed by atoms with Gasteiger partial charge in [0.1, 0.15) is 12.2 Å². The first-order valence-corrected chi connectivity index (χ1v) is 8.03. The molecule has 6 nitrogen and oxygen atoms in total. The molecule has 0 aliphatic carbocycles. The molecule has 7 heteroatoms. The average Bonchev–Trinajstić information content (AvgIpc) is 3.05. The van der Waals surface area contributed by atoms with Crippen LogP contribution in [0.3, 0.4) is 0 Å². The van der Waals surface area contributed by atoms with Gasteiger partial charge in [0.25, 0.3) is 0 Å². The number of aryl methyl sites for hydroxylation is 1. The van der Waals surface area contributed by atoms with Crippen LogP contribution in [0.5, 0.6) is 0 Å². The number of aromatic nitrogens is 6. The minimum Gasteiger partial charge on any atom is -0.320 e. The highest BCUT2D eigenvalue weighted by Crippen LogP contribution is 2.20. The lowest BCUT2D eigenvalue weighted by Crippen LogP contribution is -2.03. The highest BCUT2D eigenvalue weighted by Gasteiger charge is 2.08. The van der Waals surface area contributed by atoms with E-state index in [0.717, 1.165) is 28.4 Å². The molecular formula is C14H18N6S. The van der Waals surface area contributed by atoms with Crippen LogP contribution in [0.4, 0.5) is 0 Å². The summed E-state index contributed by atoms with van der Waals surface area (Å²) in [4.78, 5) is 4.55. The molecule has 0 radical (unpaired) electrons. The van der Waals surface area contributed by atoms with Gasteiger partial charge in [0.05, 0.1) is 11.9 Å². The Labute approximate surface area is 127 Å². The van der Waals surface area contributed by atoms with E-state index in [-0.39, 0.29) is 0 Å². The molecule has 0 unspecified atom stereocenters. The van der Waals surface area contributed by atoms with Crippen LogP contribution in [0.2, 0.25) is 0 Å². The van der Waals surface area contributed by atoms with Crippen LogP contribution in [0.15, 0.2) is 24.8 Å². The smallest absolute Gasteiger partial charge is 0.157 e. The van der Waals surface area contributed by atoms with Crippen LogP contribution in [0.1, 0.15) is 31.3 Å². The second-order valence-electron chi connectivity index (χ2n) is 5.29. The third kappa shape index (κ3) is 2.92. The van der Waals surface area contributed by atoms with Gasteiger partial charge in [-0.25, -0.2) is 9.67 Å². The van der Waals surface area contributed by atoms with E-state index in [9.17, 15) is 0 Å². The molecular weight excluding hydrogens is 284 g/mol. The normalized spacial score (nSPS) is 11.6. The summed E-state index contributed by atoms with van der Waals surface area (Å²) in [5.74, 6) is 2.74. The summed E-state index contributed by atoms with van der Waals surface area (Å²) in [6.07, 6.45) is 5.55. The Bertz CT molecular complexity index is 745. The molecule has 0 fully saturated rings. The lowest BCUT2D eigenvalue weighted by atomic mass is 10.2. The summed E-state index contributed by atoms with van der Waals surface area (Å²) in [5.41, 5.74) is 2.16. The number of rotatable bonds is 5. The Hall–Kier alpha value is -1.89. The summed E-state index contributed by atoms with van der Waals surface area (Å²) in [6.45, 7) is 4.22. The number of thioether (sulfide) groups is 1. The van der Waals surface area contributed by atoms with Gasteiger partial charge in [0, 0.05) is 30.4 Å². The molecule has 0 aromatic carbocycles. The van der Waals surface area contributed by atoms with Crippen molar-refractivity contribution in [1.82, 2.24) is 29.5 Å². The molecule has 3 aromatic heterocycles. The summed E-state index contributed by atoms with van der Waals surface area (Å²) in [5, 5.41) is 13.5. The van der Waals surface area contributed by atoms with E-state index in [1.165, 1.54) is 5.56 Å². The molecule has 0 aliphatic heterocycles. The summed E-state index contributed by atoms with van der Waals surface area (Å²) in [6, 6.07) is 2.49. The van der Waals surface area contributed by atoms with E-state index in [2.05, 4.69) is 40.2 Å². The molecule has 3 aromatic rings. The highest BCUT2D eigenvalue weighted by molar-refractivity contribution is 7.97. The predicted molar refractivity (Wildman–Crippen MR) is 83.9 cm³/mol. The summed E-state index contributed by atoms with van der Waals surface area (Å²) in [7, 11) is 1.96. The topological polar surface area (TPSA) is 61.4 Å². The van der Waals surface area contributed by atoms with Gasteiger partial charge < -0.3 is 4.57 Å². The van der Waals surface area contributed by atoms with Crippen LogP contribution in [0.25, 0.3) is 11.0 Å². The summed E-state index contributed by atoms with van der Waals surface area (Å²) >= 11 is 1.81. The van der Waals surface area contributed by atoms with E-state index in [4.69, 9.17) is 0 Å². The van der Waals surface area contributed by atoms with Crippen LogP contribution in [-0.2, 0) is 18.6 Å². The Morgan fingerprint density at radius 3 is 2.81 bits per heavy atom. The van der Waals surface area contributed by atoms with Gasteiger partial charge in [-0.3, -0.25) is 0 Å². The largest absolute Gasteiger partial charge is 0.320 e. The summed E-state index contributed by atoms with van der Waals surface area (Å²) < 4.78 is 3.90. The number of nitrogens with zero attached hydrogens (tertiary/aromatic N) is 6. The van der Waals surface area contributed by atoms with Gasteiger partial charge in [-0.15, -0.1) is 22.0 Å². The van der Waals surface area contributed by atoms with Crippen molar-refractivity contribution in [2.75, 3.05) is 0 Å². The molecule has 0 spiro atoms. The van der Waals surface area contributed by atoms with Crippen LogP contribution >= 0.6 is 11.8 Å². The average molecular weight is 302 g/mol. The molecule has 0 N–H and O–H groups in total. The highest BCUT2D eigenvalue weighted by atomic mass is 32.2. The van der Waals surface area contributed by atoms with Crippen molar-refractivity contribution in [1.29, 1.82) is 0 Å². The molecule has 0 bridgehead atoms. The predicted octanol–water partition coefficient (Wildman–Crippen LogP) is 2.57. The molecule has 3 rings (SSSR count). The maximum Gasteiger partial charge on any atom is 0.157 e. The molecule has 21 heavy (non-hydrogen) atoms. The fourth-order valence-corrected chi connectivity index (χ4v) is 3.08. The SMILES string of the molecule is CC(C)n1ncc2cc(CSCc3nncn3C)cnc21. The first-order chi connectivity index (χ1) is 10.1. The molecule has 0 amide bonds. The van der Waals surface area contributed by atoms with E-state index in [0.29, 0.717) is 6.04 Å². The second-order valence-corrected chi connectivity index (χ2v) is 6.28. The van der Waals surface area contributed by atoms with E-state index in [1.54, 1.807) is 6.33 Å². The lowest BCUT2D eigenvalue weighted by Gasteiger charge is -2.06. The molecule has 0 atom stereocenters. The minimum absolute atomic E-state index is 0.325. The number of pyridine rings is 1. The Morgan fingerprint density at radius 1 is 1.24 bits per heavy atom. The molecule has 110 valence electrons. The zero-order valence-corrected chi connectivity index (χ0v) is 13.2.